The molecule has 0 saturated heterocycles. The average molecular weight is 550 g/mol. The lowest BCUT2D eigenvalue weighted by molar-refractivity contribution is -0.140. The van der Waals surface area contributed by atoms with Gasteiger partial charge in [0.15, 0.2) is 0 Å². The summed E-state index contributed by atoms with van der Waals surface area (Å²) in [5.41, 5.74) is 3.45. The highest BCUT2D eigenvalue weighted by Crippen LogP contribution is 2.29. The van der Waals surface area contributed by atoms with Gasteiger partial charge in [0.1, 0.15) is 12.6 Å². The Balaban J connectivity index is 2.08. The first kappa shape index (κ1) is 29.9. The molecule has 0 aliphatic carbocycles. The molecule has 0 heterocycles. The molecule has 8 heteroatoms. The Morgan fingerprint density at radius 2 is 1.44 bits per heavy atom. The van der Waals surface area contributed by atoms with Gasteiger partial charge in [0.25, 0.3) is 10.0 Å². The van der Waals surface area contributed by atoms with E-state index in [9.17, 15) is 18.0 Å². The van der Waals surface area contributed by atoms with Crippen molar-refractivity contribution in [1.29, 1.82) is 0 Å². The van der Waals surface area contributed by atoms with Crippen LogP contribution in [0.25, 0.3) is 0 Å². The van der Waals surface area contributed by atoms with Crippen molar-refractivity contribution in [3.63, 3.8) is 0 Å². The highest BCUT2D eigenvalue weighted by molar-refractivity contribution is 7.92. The summed E-state index contributed by atoms with van der Waals surface area (Å²) in [6, 6.07) is 20.3. The third-order valence-corrected chi connectivity index (χ3v) is 8.50. The van der Waals surface area contributed by atoms with Crippen LogP contribution in [0.5, 0.6) is 0 Å². The first-order valence-electron chi connectivity index (χ1n) is 13.0. The lowest BCUT2D eigenvalue weighted by Gasteiger charge is -2.34. The number of benzene rings is 3. The summed E-state index contributed by atoms with van der Waals surface area (Å²) in [6.07, 6.45) is 0. The predicted molar refractivity (Wildman–Crippen MR) is 156 cm³/mol. The van der Waals surface area contributed by atoms with Crippen LogP contribution in [0.3, 0.4) is 0 Å². The van der Waals surface area contributed by atoms with E-state index < -0.39 is 34.1 Å². The molecule has 7 nitrogen and oxygen atoms in total. The SMILES string of the molecule is Cc1ccccc1CN(C(=O)CN(c1cccc(C)c1C)S(=O)(=O)c1ccccc1)C(C)C(=O)NC(C)(C)C. The van der Waals surface area contributed by atoms with Crippen LogP contribution < -0.4 is 9.62 Å². The Kier molecular flexibility index (Phi) is 9.22. The van der Waals surface area contributed by atoms with E-state index in [1.54, 1.807) is 37.3 Å². The molecule has 2 amide bonds. The standard InChI is InChI=1S/C31H39N3O4S/c1-22-15-13-19-28(24(22)3)34(39(37,38)27-17-9-8-10-18-27)21-29(35)33(20-26-16-12-11-14-23(26)2)25(4)30(36)32-31(5,6)7/h8-19,25H,20-21H2,1-7H3,(H,32,36). The number of hydrogen-bond acceptors (Lipinski definition) is 4. The van der Waals surface area contributed by atoms with Crippen molar-refractivity contribution >= 4 is 27.5 Å². The van der Waals surface area contributed by atoms with Crippen LogP contribution in [0.1, 0.15) is 49.9 Å². The number of nitrogens with zero attached hydrogens (tertiary/aromatic N) is 2. The van der Waals surface area contributed by atoms with E-state index in [0.717, 1.165) is 26.6 Å². The summed E-state index contributed by atoms with van der Waals surface area (Å²) in [5, 5.41) is 2.95. The second-order valence-corrected chi connectivity index (χ2v) is 12.8. The Hall–Kier alpha value is -3.65. The lowest BCUT2D eigenvalue weighted by Crippen LogP contribution is -2.54. The van der Waals surface area contributed by atoms with Crippen molar-refractivity contribution in [1.82, 2.24) is 10.2 Å². The predicted octanol–water partition coefficient (Wildman–Crippen LogP) is 5.14. The summed E-state index contributed by atoms with van der Waals surface area (Å²) in [7, 11) is -4.09. The zero-order valence-corrected chi connectivity index (χ0v) is 24.7. The van der Waals surface area contributed by atoms with Crippen LogP contribution in [0, 0.1) is 20.8 Å². The third-order valence-electron chi connectivity index (χ3n) is 6.72. The maximum atomic E-state index is 14.1. The number of anilines is 1. The van der Waals surface area contributed by atoms with Gasteiger partial charge >= 0.3 is 0 Å². The van der Waals surface area contributed by atoms with E-state index in [-0.39, 0.29) is 17.3 Å². The highest BCUT2D eigenvalue weighted by atomic mass is 32.2. The van der Waals surface area contributed by atoms with Crippen LogP contribution >= 0.6 is 0 Å². The summed E-state index contributed by atoms with van der Waals surface area (Å²) >= 11 is 0. The molecule has 1 atom stereocenters. The summed E-state index contributed by atoms with van der Waals surface area (Å²) in [4.78, 5) is 28.8. The summed E-state index contributed by atoms with van der Waals surface area (Å²) in [5.74, 6) is -0.788. The van der Waals surface area contributed by atoms with Gasteiger partial charge in [-0.3, -0.25) is 13.9 Å². The van der Waals surface area contributed by atoms with Crippen LogP contribution in [-0.4, -0.2) is 43.3 Å². The number of sulfonamides is 1. The molecule has 1 unspecified atom stereocenters. The normalized spacial score (nSPS) is 12.5. The molecule has 3 aromatic carbocycles. The van der Waals surface area contributed by atoms with Gasteiger partial charge < -0.3 is 10.2 Å². The fourth-order valence-corrected chi connectivity index (χ4v) is 5.76. The van der Waals surface area contributed by atoms with Gasteiger partial charge in [-0.05, 0) is 88.9 Å². The molecular formula is C31H39N3O4S. The number of nitrogens with one attached hydrogen (secondary N) is 1. The molecule has 0 aliphatic heterocycles. The molecule has 3 rings (SSSR count). The molecule has 0 aliphatic rings. The minimum absolute atomic E-state index is 0.0858. The molecule has 0 aromatic heterocycles. The maximum Gasteiger partial charge on any atom is 0.264 e. The van der Waals surface area contributed by atoms with E-state index in [1.165, 1.54) is 17.0 Å². The lowest BCUT2D eigenvalue weighted by atomic mass is 10.1. The minimum atomic E-state index is -4.09. The van der Waals surface area contributed by atoms with Crippen LogP contribution in [0.15, 0.2) is 77.7 Å². The monoisotopic (exact) mass is 549 g/mol. The van der Waals surface area contributed by atoms with Gasteiger partial charge in [-0.2, -0.15) is 0 Å². The number of amides is 2. The van der Waals surface area contributed by atoms with Gasteiger partial charge in [-0.25, -0.2) is 8.42 Å². The van der Waals surface area contributed by atoms with E-state index in [0.29, 0.717) is 5.69 Å². The molecule has 1 N–H and O–H groups in total. The zero-order valence-electron chi connectivity index (χ0n) is 23.9. The van der Waals surface area contributed by atoms with Crippen LogP contribution in [0.2, 0.25) is 0 Å². The van der Waals surface area contributed by atoms with Crippen molar-refractivity contribution in [3.05, 3.63) is 95.1 Å². The number of carbonyl (C=O) groups excluding carboxylic acids is 2. The molecule has 39 heavy (non-hydrogen) atoms. The van der Waals surface area contributed by atoms with Crippen LogP contribution in [-0.2, 0) is 26.2 Å². The van der Waals surface area contributed by atoms with Crippen molar-refractivity contribution in [2.45, 2.75) is 71.5 Å². The van der Waals surface area contributed by atoms with Gasteiger partial charge in [0, 0.05) is 12.1 Å². The number of aryl methyl sites for hydroxylation is 2. The smallest absolute Gasteiger partial charge is 0.264 e. The van der Waals surface area contributed by atoms with Crippen molar-refractivity contribution < 1.29 is 18.0 Å². The fraction of sp³-hybridized carbons (Fsp3) is 0.355. The second-order valence-electron chi connectivity index (χ2n) is 10.9. The average Bonchev–Trinajstić information content (AvgIpc) is 2.87. The molecule has 208 valence electrons. The number of carbonyl (C=O) groups is 2. The summed E-state index contributed by atoms with van der Waals surface area (Å²) < 4.78 is 29.0. The first-order chi connectivity index (χ1) is 18.2. The highest BCUT2D eigenvalue weighted by Gasteiger charge is 2.34. The molecule has 0 bridgehead atoms. The topological polar surface area (TPSA) is 86.8 Å². The molecule has 3 aromatic rings. The summed E-state index contributed by atoms with van der Waals surface area (Å²) in [6.45, 7) is 12.7. The third kappa shape index (κ3) is 7.26. The van der Waals surface area contributed by atoms with Gasteiger partial charge in [0.2, 0.25) is 11.8 Å². The Morgan fingerprint density at radius 1 is 0.846 bits per heavy atom. The van der Waals surface area contributed by atoms with Gasteiger partial charge in [-0.1, -0.05) is 54.6 Å². The Labute approximate surface area is 232 Å². The van der Waals surface area contributed by atoms with E-state index in [4.69, 9.17) is 0 Å². The van der Waals surface area contributed by atoms with Gasteiger partial charge in [0.05, 0.1) is 10.6 Å². The minimum Gasteiger partial charge on any atom is -0.350 e. The molecule has 0 saturated carbocycles. The quantitative estimate of drug-likeness (QED) is 0.401. The van der Waals surface area contributed by atoms with Crippen LogP contribution in [0.4, 0.5) is 5.69 Å². The number of rotatable bonds is 9. The van der Waals surface area contributed by atoms with Gasteiger partial charge in [-0.15, -0.1) is 0 Å². The van der Waals surface area contributed by atoms with Crippen molar-refractivity contribution in [2.75, 3.05) is 10.8 Å². The Morgan fingerprint density at radius 3 is 2.05 bits per heavy atom. The fourth-order valence-electron chi connectivity index (χ4n) is 4.27. The molecular weight excluding hydrogens is 510 g/mol. The van der Waals surface area contributed by atoms with E-state index >= 15 is 0 Å². The number of hydrogen-bond donors (Lipinski definition) is 1. The zero-order chi connectivity index (χ0) is 29.0. The first-order valence-corrected chi connectivity index (χ1v) is 14.5. The van der Waals surface area contributed by atoms with E-state index in [2.05, 4.69) is 5.32 Å². The molecule has 0 radical (unpaired) electrons. The van der Waals surface area contributed by atoms with Crippen molar-refractivity contribution in [3.8, 4) is 0 Å². The molecule has 0 fully saturated rings. The largest absolute Gasteiger partial charge is 0.350 e. The van der Waals surface area contributed by atoms with E-state index in [1.807, 2.05) is 71.9 Å². The second kappa shape index (κ2) is 12.0. The van der Waals surface area contributed by atoms with Crippen molar-refractivity contribution in [2.24, 2.45) is 0 Å². The maximum absolute atomic E-state index is 14.1. The Bertz CT molecular complexity index is 1430. The molecule has 0 spiro atoms.